The van der Waals surface area contributed by atoms with E-state index in [1.165, 1.54) is 38.0 Å². The van der Waals surface area contributed by atoms with Crippen LogP contribution in [0.3, 0.4) is 0 Å². The first-order valence-electron chi connectivity index (χ1n) is 15.3. The lowest BCUT2D eigenvalue weighted by Gasteiger charge is -2.35. The second-order valence-electron chi connectivity index (χ2n) is 11.8. The molecule has 278 valence electrons. The molecule has 6 rings (SSSR count). The van der Waals surface area contributed by atoms with Crippen LogP contribution in [-0.4, -0.2) is 105 Å². The van der Waals surface area contributed by atoms with Crippen LogP contribution in [0.4, 0.5) is 26.3 Å². The van der Waals surface area contributed by atoms with Crippen molar-refractivity contribution in [1.82, 2.24) is 20.1 Å². The summed E-state index contributed by atoms with van der Waals surface area (Å²) in [6, 6.07) is 6.12. The Morgan fingerprint density at radius 3 is 1.57 bits per heavy atom. The lowest BCUT2D eigenvalue weighted by Crippen LogP contribution is -2.49. The molecule has 0 spiro atoms. The van der Waals surface area contributed by atoms with Crippen LogP contribution in [0, 0.1) is 13.8 Å². The summed E-state index contributed by atoms with van der Waals surface area (Å²) in [5.74, 6) is -2.90. The molecule has 0 aromatic carbocycles. The summed E-state index contributed by atoms with van der Waals surface area (Å²) in [4.78, 5) is 29.6. The van der Waals surface area contributed by atoms with Gasteiger partial charge in [0.2, 0.25) is 11.5 Å². The average molecular weight is 767 g/mol. The SMILES string of the molecule is CO[C@H]1CN(C(=O)c2ccc(-c3noc(C(F)(F)F)c3C)s2)CC[C@H]1O.Cc1c(-c2ccc(C(=O)N3CC[C@H](O)[C@H](O)C3)s2)noc1C(F)(F)F. The van der Waals surface area contributed by atoms with Gasteiger partial charge in [-0.05, 0) is 51.0 Å². The fourth-order valence-electron chi connectivity index (χ4n) is 5.56. The number of ether oxygens (including phenoxy) is 1. The standard InChI is InChI=1S/C16H17F3N2O4S.C15H15F3N2O4S/c1-8-13(20-25-14(8)16(17,18)19)11-3-4-12(26-11)15(23)21-6-5-9(22)10(7-21)24-2;1-7-12(19-24-13(7)15(16,17)18)10-2-3-11(25-10)14(23)20-5-4-8(21)9(22)6-20/h3-4,9-10,22H,5-7H2,1-2H3;2-3,8-9,21-22H,4-6H2,1H3/t9-,10+;8-,9+/m10/s1. The Bertz CT molecular complexity index is 1850. The molecule has 51 heavy (non-hydrogen) atoms. The number of thiophene rings is 2. The van der Waals surface area contributed by atoms with Gasteiger partial charge in [-0.1, -0.05) is 10.3 Å². The van der Waals surface area contributed by atoms with Gasteiger partial charge >= 0.3 is 12.4 Å². The predicted octanol–water partition coefficient (Wildman–Crippen LogP) is 5.25. The number of rotatable bonds is 5. The van der Waals surface area contributed by atoms with E-state index >= 15 is 0 Å². The lowest BCUT2D eigenvalue weighted by molar-refractivity contribution is -0.156. The minimum Gasteiger partial charge on any atom is -0.390 e. The maximum Gasteiger partial charge on any atom is 0.452 e. The van der Waals surface area contributed by atoms with Crippen molar-refractivity contribution in [3.63, 3.8) is 0 Å². The number of likely N-dealkylation sites (tertiary alicyclic amines) is 2. The number of carbonyl (C=O) groups excluding carboxylic acids is 2. The van der Waals surface area contributed by atoms with E-state index in [9.17, 15) is 51.3 Å². The van der Waals surface area contributed by atoms with E-state index in [1.54, 1.807) is 17.0 Å². The van der Waals surface area contributed by atoms with Crippen LogP contribution in [0.5, 0.6) is 0 Å². The molecule has 0 saturated carbocycles. The first kappa shape index (κ1) is 38.4. The van der Waals surface area contributed by atoms with E-state index in [0.29, 0.717) is 39.0 Å². The van der Waals surface area contributed by atoms with Crippen LogP contribution in [-0.2, 0) is 17.1 Å². The summed E-state index contributed by atoms with van der Waals surface area (Å²) >= 11 is 2.05. The number of aliphatic hydroxyl groups excluding tert-OH is 3. The highest BCUT2D eigenvalue weighted by atomic mass is 32.1. The third kappa shape index (κ3) is 8.30. The molecule has 2 amide bonds. The van der Waals surface area contributed by atoms with Gasteiger partial charge in [0.1, 0.15) is 17.5 Å². The van der Waals surface area contributed by atoms with E-state index < -0.39 is 48.3 Å². The molecule has 0 aliphatic carbocycles. The Hall–Kier alpha value is -3.82. The quantitative estimate of drug-likeness (QED) is 0.229. The summed E-state index contributed by atoms with van der Waals surface area (Å²) in [6.45, 7) is 3.49. The topological polar surface area (TPSA) is 163 Å². The maximum absolute atomic E-state index is 12.8. The largest absolute Gasteiger partial charge is 0.452 e. The molecular weight excluding hydrogens is 734 g/mol. The van der Waals surface area contributed by atoms with Crippen LogP contribution in [0.2, 0.25) is 0 Å². The molecule has 2 saturated heterocycles. The zero-order valence-corrected chi connectivity index (χ0v) is 28.8. The van der Waals surface area contributed by atoms with Gasteiger partial charge in [-0.15, -0.1) is 22.7 Å². The summed E-state index contributed by atoms with van der Waals surface area (Å²) in [7, 11) is 1.47. The summed E-state index contributed by atoms with van der Waals surface area (Å²) in [5, 5.41) is 36.0. The van der Waals surface area contributed by atoms with Crippen molar-refractivity contribution in [3.8, 4) is 21.1 Å². The van der Waals surface area contributed by atoms with Gasteiger partial charge in [-0.2, -0.15) is 26.3 Å². The maximum atomic E-state index is 12.8. The van der Waals surface area contributed by atoms with Gasteiger partial charge in [0.15, 0.2) is 0 Å². The number of nitrogens with zero attached hydrogens (tertiary/aromatic N) is 4. The molecule has 0 bridgehead atoms. The Balaban J connectivity index is 0.000000198. The van der Waals surface area contributed by atoms with Crippen molar-refractivity contribution in [2.45, 2.75) is 63.5 Å². The highest BCUT2D eigenvalue weighted by molar-refractivity contribution is 7.17. The minimum atomic E-state index is -4.63. The first-order valence-corrected chi connectivity index (χ1v) is 17.0. The number of aliphatic hydroxyl groups is 3. The number of hydrogen-bond acceptors (Lipinski definition) is 12. The zero-order chi connectivity index (χ0) is 37.4. The van der Waals surface area contributed by atoms with Gasteiger partial charge in [-0.3, -0.25) is 9.59 Å². The lowest BCUT2D eigenvalue weighted by atomic mass is 10.0. The molecule has 4 atom stereocenters. The third-order valence-electron chi connectivity index (χ3n) is 8.41. The van der Waals surface area contributed by atoms with Crippen LogP contribution in [0.25, 0.3) is 21.1 Å². The van der Waals surface area contributed by atoms with Crippen molar-refractivity contribution >= 4 is 34.5 Å². The normalized spacial score (nSPS) is 21.4. The van der Waals surface area contributed by atoms with Gasteiger partial charge in [-0.25, -0.2) is 0 Å². The molecule has 3 N–H and O–H groups in total. The average Bonchev–Trinajstić information content (AvgIpc) is 3.88. The van der Waals surface area contributed by atoms with E-state index in [0.717, 1.165) is 22.7 Å². The Morgan fingerprint density at radius 1 is 0.745 bits per heavy atom. The summed E-state index contributed by atoms with van der Waals surface area (Å²) in [6.07, 6.45) is -11.5. The molecule has 0 unspecified atom stereocenters. The van der Waals surface area contributed by atoms with Crippen LogP contribution in [0.1, 0.15) is 54.8 Å². The number of hydrogen-bond donors (Lipinski definition) is 3. The molecule has 2 fully saturated rings. The van der Waals surface area contributed by atoms with E-state index in [4.69, 9.17) is 4.74 Å². The van der Waals surface area contributed by atoms with E-state index in [2.05, 4.69) is 19.4 Å². The number of halogens is 6. The van der Waals surface area contributed by atoms with Gasteiger partial charge in [0.05, 0.1) is 37.8 Å². The Kier molecular flexibility index (Phi) is 11.3. The zero-order valence-electron chi connectivity index (χ0n) is 27.1. The number of β-amino-alcohol motifs (C(OH)–C–C–N with tert-alkyl or cyclic N) is 1. The minimum absolute atomic E-state index is 0.00838. The van der Waals surface area contributed by atoms with Gasteiger partial charge in [0, 0.05) is 44.4 Å². The highest BCUT2D eigenvalue weighted by Gasteiger charge is 2.41. The smallest absolute Gasteiger partial charge is 0.390 e. The number of alkyl halides is 6. The number of piperidine rings is 2. The van der Waals surface area contributed by atoms with Crippen LogP contribution < -0.4 is 0 Å². The second kappa shape index (κ2) is 15.0. The molecule has 2 aliphatic heterocycles. The van der Waals surface area contributed by atoms with Crippen molar-refractivity contribution in [3.05, 3.63) is 56.7 Å². The van der Waals surface area contributed by atoms with Crippen LogP contribution >= 0.6 is 22.7 Å². The van der Waals surface area contributed by atoms with E-state index in [1.807, 2.05) is 0 Å². The fourth-order valence-corrected chi connectivity index (χ4v) is 7.58. The number of carbonyl (C=O) groups is 2. The first-order chi connectivity index (χ1) is 23.9. The monoisotopic (exact) mass is 766 g/mol. The molecule has 4 aromatic heterocycles. The molecule has 4 aromatic rings. The molecule has 2 aliphatic rings. The molecule has 20 heteroatoms. The van der Waals surface area contributed by atoms with Crippen LogP contribution in [0.15, 0.2) is 33.3 Å². The van der Waals surface area contributed by atoms with Crippen molar-refractivity contribution in [2.75, 3.05) is 33.3 Å². The molecule has 12 nitrogen and oxygen atoms in total. The van der Waals surface area contributed by atoms with Crippen molar-refractivity contribution in [2.24, 2.45) is 0 Å². The summed E-state index contributed by atoms with van der Waals surface area (Å²) in [5.41, 5.74) is -0.126. The molecular formula is C31H32F6N4O8S2. The second-order valence-corrected chi connectivity index (χ2v) is 14.0. The third-order valence-corrected chi connectivity index (χ3v) is 10.6. The Labute approximate surface area is 293 Å². The van der Waals surface area contributed by atoms with Crippen molar-refractivity contribution in [1.29, 1.82) is 0 Å². The summed E-state index contributed by atoms with van der Waals surface area (Å²) < 4.78 is 90.9. The van der Waals surface area contributed by atoms with Gasteiger partial charge in [0.25, 0.3) is 11.8 Å². The van der Waals surface area contributed by atoms with E-state index in [-0.39, 0.29) is 53.8 Å². The number of aromatic nitrogens is 2. The van der Waals surface area contributed by atoms with Crippen molar-refractivity contribution < 1.29 is 65.0 Å². The predicted molar refractivity (Wildman–Crippen MR) is 169 cm³/mol. The van der Waals surface area contributed by atoms with Gasteiger partial charge < -0.3 is 38.9 Å². The molecule has 6 heterocycles. The Morgan fingerprint density at radius 2 is 1.18 bits per heavy atom. The highest BCUT2D eigenvalue weighted by Crippen LogP contribution is 2.40. The number of amides is 2. The molecule has 0 radical (unpaired) electrons. The fraction of sp³-hybridized carbons (Fsp3) is 0.484. The number of methoxy groups -OCH3 is 1.